The third-order valence-corrected chi connectivity index (χ3v) is 0.816. The normalized spacial score (nSPS) is 9.00. The highest BCUT2D eigenvalue weighted by atomic mass is 127. The van der Waals surface area contributed by atoms with Crippen LogP contribution in [0.5, 0.6) is 0 Å². The highest BCUT2D eigenvalue weighted by Crippen LogP contribution is 1.95. The lowest BCUT2D eigenvalue weighted by Crippen LogP contribution is -2.02. The molecule has 0 aromatic rings. The molecule has 0 unspecified atom stereocenters. The summed E-state index contributed by atoms with van der Waals surface area (Å²) in [5.41, 5.74) is 0. The van der Waals surface area contributed by atoms with E-state index in [0.29, 0.717) is 6.42 Å². The lowest BCUT2D eigenvalue weighted by Gasteiger charge is -1.97. The molecular formula is C5H13IO2. The van der Waals surface area contributed by atoms with Crippen LogP contribution in [0.3, 0.4) is 0 Å². The van der Waals surface area contributed by atoms with Crippen LogP contribution < -0.4 is 0 Å². The fourth-order valence-corrected chi connectivity index (χ4v) is 0.387. The van der Waals surface area contributed by atoms with Crippen LogP contribution >= 0.6 is 24.0 Å². The van der Waals surface area contributed by atoms with Gasteiger partial charge in [0.15, 0.2) is 6.29 Å². The third-order valence-electron chi connectivity index (χ3n) is 0.816. The van der Waals surface area contributed by atoms with Gasteiger partial charge >= 0.3 is 0 Å². The van der Waals surface area contributed by atoms with Gasteiger partial charge in [0.2, 0.25) is 0 Å². The van der Waals surface area contributed by atoms with Crippen LogP contribution in [0.25, 0.3) is 0 Å². The molecule has 0 rings (SSSR count). The predicted octanol–water partition coefficient (Wildman–Crippen LogP) is 1.11. The largest absolute Gasteiger partial charge is 0.368 e. The van der Waals surface area contributed by atoms with E-state index in [1.807, 2.05) is 6.92 Å². The van der Waals surface area contributed by atoms with E-state index in [2.05, 4.69) is 0 Å². The van der Waals surface area contributed by atoms with E-state index in [-0.39, 0.29) is 24.0 Å². The molecule has 0 fully saturated rings. The van der Waals surface area contributed by atoms with E-state index in [1.165, 1.54) is 0 Å². The first-order valence-corrected chi connectivity index (χ1v) is 2.63. The van der Waals surface area contributed by atoms with E-state index < -0.39 is 6.29 Å². The molecule has 0 aliphatic carbocycles. The first-order chi connectivity index (χ1) is 3.27. The smallest absolute Gasteiger partial charge is 0.151 e. The van der Waals surface area contributed by atoms with Gasteiger partial charge in [0, 0.05) is 0 Å². The topological polar surface area (TPSA) is 40.5 Å². The van der Waals surface area contributed by atoms with Crippen molar-refractivity contribution in [2.24, 2.45) is 0 Å². The van der Waals surface area contributed by atoms with E-state index in [0.717, 1.165) is 12.8 Å². The van der Waals surface area contributed by atoms with Crippen molar-refractivity contribution in [3.63, 3.8) is 0 Å². The average Bonchev–Trinajstić information content (AvgIpc) is 1.61. The zero-order valence-electron chi connectivity index (χ0n) is 5.00. The summed E-state index contributed by atoms with van der Waals surface area (Å²) in [5, 5.41) is 16.5. The molecule has 0 saturated carbocycles. The molecule has 0 aromatic carbocycles. The number of aliphatic hydroxyl groups excluding tert-OH is 1. The number of halogens is 1. The predicted molar refractivity (Wildman–Crippen MR) is 43.2 cm³/mol. The van der Waals surface area contributed by atoms with Crippen molar-refractivity contribution in [3.8, 4) is 0 Å². The van der Waals surface area contributed by atoms with Crippen LogP contribution in [0.4, 0.5) is 0 Å². The van der Waals surface area contributed by atoms with Crippen LogP contribution in [0.2, 0.25) is 0 Å². The Morgan fingerprint density at radius 1 is 1.38 bits per heavy atom. The van der Waals surface area contributed by atoms with Gasteiger partial charge in [-0.25, -0.2) is 0 Å². The fraction of sp³-hybridized carbons (Fsp3) is 1.00. The van der Waals surface area contributed by atoms with Gasteiger partial charge in [-0.1, -0.05) is 13.3 Å². The Labute approximate surface area is 66.9 Å². The minimum Gasteiger partial charge on any atom is -0.368 e. The molecule has 0 amide bonds. The van der Waals surface area contributed by atoms with Gasteiger partial charge in [-0.3, -0.25) is 0 Å². The summed E-state index contributed by atoms with van der Waals surface area (Å²) in [5.74, 6) is 0. The average molecular weight is 232 g/mol. The summed E-state index contributed by atoms with van der Waals surface area (Å²) in [6.07, 6.45) is 1.34. The molecular weight excluding hydrogens is 219 g/mol. The molecule has 0 aromatic heterocycles. The Bertz CT molecular complexity index is 39.4. The first kappa shape index (κ1) is 11.4. The summed E-state index contributed by atoms with van der Waals surface area (Å²) in [4.78, 5) is 0. The van der Waals surface area contributed by atoms with Gasteiger partial charge < -0.3 is 10.2 Å². The van der Waals surface area contributed by atoms with Crippen molar-refractivity contribution in [1.29, 1.82) is 0 Å². The van der Waals surface area contributed by atoms with Gasteiger partial charge in [0.25, 0.3) is 0 Å². The van der Waals surface area contributed by atoms with Crippen molar-refractivity contribution in [2.45, 2.75) is 32.5 Å². The maximum atomic E-state index is 8.24. The van der Waals surface area contributed by atoms with Crippen molar-refractivity contribution in [3.05, 3.63) is 0 Å². The van der Waals surface area contributed by atoms with Crippen LogP contribution in [-0.4, -0.2) is 16.5 Å². The summed E-state index contributed by atoms with van der Waals surface area (Å²) in [7, 11) is 0. The highest BCUT2D eigenvalue weighted by molar-refractivity contribution is 14.0. The fourth-order valence-electron chi connectivity index (χ4n) is 0.387. The Balaban J connectivity index is 0. The number of unbranched alkanes of at least 4 members (excludes halogenated alkanes) is 1. The summed E-state index contributed by atoms with van der Waals surface area (Å²) in [6, 6.07) is 0. The van der Waals surface area contributed by atoms with Gasteiger partial charge in [-0.2, -0.15) is 0 Å². The Morgan fingerprint density at radius 3 is 2.00 bits per heavy atom. The molecule has 0 saturated heterocycles. The van der Waals surface area contributed by atoms with Crippen LogP contribution in [-0.2, 0) is 0 Å². The van der Waals surface area contributed by atoms with Crippen LogP contribution in [0.1, 0.15) is 26.2 Å². The molecule has 0 spiro atoms. The molecule has 0 radical (unpaired) electrons. The second-order valence-electron chi connectivity index (χ2n) is 1.62. The quantitative estimate of drug-likeness (QED) is 0.565. The van der Waals surface area contributed by atoms with E-state index in [4.69, 9.17) is 10.2 Å². The van der Waals surface area contributed by atoms with Crippen LogP contribution in [0, 0.1) is 0 Å². The second kappa shape index (κ2) is 7.65. The Hall–Kier alpha value is 0.650. The maximum Gasteiger partial charge on any atom is 0.151 e. The number of hydrogen-bond donors (Lipinski definition) is 2. The standard InChI is InChI=1S/C5H12O2.HI/c1-2-3-4-5(6)7;/h5-7H,2-4H2,1H3;1H. The first-order valence-electron chi connectivity index (χ1n) is 2.63. The SMILES string of the molecule is CCCCC(O)O.I. The lowest BCUT2D eigenvalue weighted by molar-refractivity contribution is -0.0463. The zero-order chi connectivity index (χ0) is 5.70. The Kier molecular flexibility index (Phi) is 10.9. The number of aliphatic hydroxyl groups is 2. The molecule has 8 heavy (non-hydrogen) atoms. The maximum absolute atomic E-state index is 8.24. The number of rotatable bonds is 3. The minimum atomic E-state index is -1.10. The molecule has 0 bridgehead atoms. The van der Waals surface area contributed by atoms with Crippen molar-refractivity contribution >= 4 is 24.0 Å². The van der Waals surface area contributed by atoms with Gasteiger partial charge in [-0.15, -0.1) is 24.0 Å². The van der Waals surface area contributed by atoms with E-state index >= 15 is 0 Å². The highest BCUT2D eigenvalue weighted by Gasteiger charge is 1.92. The molecule has 0 heterocycles. The summed E-state index contributed by atoms with van der Waals surface area (Å²) >= 11 is 0. The van der Waals surface area contributed by atoms with Crippen molar-refractivity contribution in [1.82, 2.24) is 0 Å². The van der Waals surface area contributed by atoms with Crippen LogP contribution in [0.15, 0.2) is 0 Å². The minimum absolute atomic E-state index is 0. The van der Waals surface area contributed by atoms with Gasteiger partial charge in [-0.05, 0) is 12.8 Å². The van der Waals surface area contributed by atoms with Crippen molar-refractivity contribution < 1.29 is 10.2 Å². The monoisotopic (exact) mass is 232 g/mol. The van der Waals surface area contributed by atoms with E-state index in [1.54, 1.807) is 0 Å². The summed E-state index contributed by atoms with van der Waals surface area (Å²) in [6.45, 7) is 2.02. The number of hydrogen-bond acceptors (Lipinski definition) is 2. The van der Waals surface area contributed by atoms with Gasteiger partial charge in [0.05, 0.1) is 0 Å². The lowest BCUT2D eigenvalue weighted by atomic mass is 10.2. The summed E-state index contributed by atoms with van der Waals surface area (Å²) < 4.78 is 0. The Morgan fingerprint density at radius 2 is 1.88 bits per heavy atom. The molecule has 0 aliphatic heterocycles. The second-order valence-corrected chi connectivity index (χ2v) is 1.62. The molecule has 0 aliphatic rings. The van der Waals surface area contributed by atoms with Gasteiger partial charge in [0.1, 0.15) is 0 Å². The molecule has 2 nitrogen and oxygen atoms in total. The van der Waals surface area contributed by atoms with Crippen molar-refractivity contribution in [2.75, 3.05) is 0 Å². The molecule has 3 heteroatoms. The molecule has 0 atom stereocenters. The zero-order valence-corrected chi connectivity index (χ0v) is 7.33. The van der Waals surface area contributed by atoms with E-state index in [9.17, 15) is 0 Å². The molecule has 2 N–H and O–H groups in total. The third kappa shape index (κ3) is 9.82. The molecule has 52 valence electrons.